The van der Waals surface area contributed by atoms with Gasteiger partial charge in [-0.05, 0) is 43.5 Å². The van der Waals surface area contributed by atoms with Crippen LogP contribution < -0.4 is 5.73 Å². The molecule has 2 N–H and O–H groups in total. The van der Waals surface area contributed by atoms with E-state index in [2.05, 4.69) is 52.1 Å². The molecule has 3 heteroatoms. The van der Waals surface area contributed by atoms with E-state index in [-0.39, 0.29) is 0 Å². The minimum atomic E-state index is 0.336. The molecule has 0 saturated heterocycles. The first kappa shape index (κ1) is 14.0. The molecule has 0 spiro atoms. The molecule has 1 saturated carbocycles. The van der Waals surface area contributed by atoms with Crippen molar-refractivity contribution < 1.29 is 0 Å². The highest BCUT2D eigenvalue weighted by atomic mass is 79.9. The highest BCUT2D eigenvalue weighted by Crippen LogP contribution is 2.28. The summed E-state index contributed by atoms with van der Waals surface area (Å²) in [6.45, 7) is 1.86. The minimum absolute atomic E-state index is 0.336. The second kappa shape index (κ2) is 6.69. The van der Waals surface area contributed by atoms with Gasteiger partial charge in [-0.25, -0.2) is 0 Å². The van der Waals surface area contributed by atoms with E-state index in [1.807, 2.05) is 0 Å². The second-order valence-electron chi connectivity index (χ2n) is 5.40. The smallest absolute Gasteiger partial charge is 0.0467 e. The minimum Gasteiger partial charge on any atom is -0.329 e. The van der Waals surface area contributed by atoms with Gasteiger partial charge in [-0.2, -0.15) is 0 Å². The van der Waals surface area contributed by atoms with Crippen LogP contribution in [0.4, 0.5) is 0 Å². The molecule has 1 aliphatic carbocycles. The fourth-order valence-electron chi connectivity index (χ4n) is 3.01. The number of hydrogen-bond donors (Lipinski definition) is 1. The maximum atomic E-state index is 5.97. The first-order valence-electron chi connectivity index (χ1n) is 6.86. The molecule has 0 aliphatic heterocycles. The maximum absolute atomic E-state index is 5.97. The largest absolute Gasteiger partial charge is 0.329 e. The van der Waals surface area contributed by atoms with Crippen molar-refractivity contribution in [1.82, 2.24) is 4.90 Å². The van der Waals surface area contributed by atoms with E-state index in [4.69, 9.17) is 5.73 Å². The highest BCUT2D eigenvalue weighted by molar-refractivity contribution is 9.10. The summed E-state index contributed by atoms with van der Waals surface area (Å²) in [7, 11) is 2.21. The molecule has 1 aromatic rings. The van der Waals surface area contributed by atoms with Gasteiger partial charge < -0.3 is 5.73 Å². The lowest BCUT2D eigenvalue weighted by atomic mass is 10.0. The summed E-state index contributed by atoms with van der Waals surface area (Å²) in [6, 6.07) is 8.85. The van der Waals surface area contributed by atoms with Crippen LogP contribution in [0, 0.1) is 5.92 Å². The van der Waals surface area contributed by atoms with Crippen molar-refractivity contribution in [2.24, 2.45) is 11.7 Å². The predicted molar refractivity (Wildman–Crippen MR) is 80.5 cm³/mol. The van der Waals surface area contributed by atoms with Crippen molar-refractivity contribution in [2.45, 2.75) is 31.7 Å². The maximum Gasteiger partial charge on any atom is 0.0467 e. The lowest BCUT2D eigenvalue weighted by molar-refractivity contribution is 0.212. The molecule has 0 bridgehead atoms. The Labute approximate surface area is 119 Å². The van der Waals surface area contributed by atoms with Crippen LogP contribution in [0.25, 0.3) is 0 Å². The van der Waals surface area contributed by atoms with Crippen molar-refractivity contribution in [3.8, 4) is 0 Å². The molecule has 0 radical (unpaired) electrons. The molecule has 100 valence electrons. The second-order valence-corrected chi connectivity index (χ2v) is 6.31. The molecule has 18 heavy (non-hydrogen) atoms. The summed E-state index contributed by atoms with van der Waals surface area (Å²) < 4.78 is 1.13. The molecule has 0 amide bonds. The summed E-state index contributed by atoms with van der Waals surface area (Å²) in [5.41, 5.74) is 7.29. The summed E-state index contributed by atoms with van der Waals surface area (Å²) in [6.07, 6.45) is 5.59. The summed E-state index contributed by atoms with van der Waals surface area (Å²) >= 11 is 3.54. The SMILES string of the molecule is CN(CC1CCCC1)C(CN)c1cccc(Br)c1. The van der Waals surface area contributed by atoms with Gasteiger partial charge in [0.15, 0.2) is 0 Å². The Hall–Kier alpha value is -0.380. The van der Waals surface area contributed by atoms with E-state index in [9.17, 15) is 0 Å². The number of nitrogens with two attached hydrogens (primary N) is 1. The Bertz CT molecular complexity index is 375. The van der Waals surface area contributed by atoms with Crippen molar-refractivity contribution in [3.05, 3.63) is 34.3 Å². The van der Waals surface area contributed by atoms with Crippen molar-refractivity contribution >= 4 is 15.9 Å². The normalized spacial score (nSPS) is 18.4. The Morgan fingerprint density at radius 3 is 2.72 bits per heavy atom. The standard InChI is InChI=1S/C15H23BrN2/c1-18(11-12-5-2-3-6-12)15(10-17)13-7-4-8-14(16)9-13/h4,7-9,12,15H,2-3,5-6,10-11,17H2,1H3. The van der Waals surface area contributed by atoms with Gasteiger partial charge in [0, 0.05) is 23.6 Å². The third-order valence-electron chi connectivity index (χ3n) is 4.01. The number of likely N-dealkylation sites (N-methyl/N-ethyl adjacent to an activating group) is 1. The molecule has 2 nitrogen and oxygen atoms in total. The summed E-state index contributed by atoms with van der Waals surface area (Å²) in [5.74, 6) is 0.871. The van der Waals surface area contributed by atoms with E-state index in [0.717, 1.165) is 10.4 Å². The van der Waals surface area contributed by atoms with E-state index in [1.165, 1.54) is 37.8 Å². The van der Waals surface area contributed by atoms with Gasteiger partial charge in [0.25, 0.3) is 0 Å². The van der Waals surface area contributed by atoms with Crippen molar-refractivity contribution in [1.29, 1.82) is 0 Å². The van der Waals surface area contributed by atoms with Crippen LogP contribution in [-0.2, 0) is 0 Å². The summed E-state index contributed by atoms with van der Waals surface area (Å²) in [5, 5.41) is 0. The molecule has 1 aliphatic rings. The fourth-order valence-corrected chi connectivity index (χ4v) is 3.43. The topological polar surface area (TPSA) is 29.3 Å². The van der Waals surface area contributed by atoms with Crippen LogP contribution in [0.1, 0.15) is 37.3 Å². The Morgan fingerprint density at radius 1 is 1.39 bits per heavy atom. The third kappa shape index (κ3) is 3.56. The van der Waals surface area contributed by atoms with E-state index < -0.39 is 0 Å². The molecular formula is C15H23BrN2. The zero-order chi connectivity index (χ0) is 13.0. The highest BCUT2D eigenvalue weighted by Gasteiger charge is 2.21. The van der Waals surface area contributed by atoms with Crippen LogP contribution in [0.15, 0.2) is 28.7 Å². The van der Waals surface area contributed by atoms with Gasteiger partial charge in [-0.15, -0.1) is 0 Å². The Balaban J connectivity index is 2.02. The van der Waals surface area contributed by atoms with Gasteiger partial charge in [-0.1, -0.05) is 40.9 Å². The molecule has 1 aromatic carbocycles. The molecule has 1 fully saturated rings. The Morgan fingerprint density at radius 2 is 2.11 bits per heavy atom. The molecule has 0 heterocycles. The first-order chi connectivity index (χ1) is 8.70. The van der Waals surface area contributed by atoms with Gasteiger partial charge in [0.2, 0.25) is 0 Å². The average Bonchev–Trinajstić information content (AvgIpc) is 2.83. The van der Waals surface area contributed by atoms with Crippen LogP contribution in [-0.4, -0.2) is 25.0 Å². The molecule has 1 atom stereocenters. The molecule has 2 rings (SSSR count). The quantitative estimate of drug-likeness (QED) is 0.901. The number of nitrogens with zero attached hydrogens (tertiary/aromatic N) is 1. The van der Waals surface area contributed by atoms with Crippen LogP contribution in [0.3, 0.4) is 0 Å². The molecule has 0 aromatic heterocycles. The van der Waals surface area contributed by atoms with E-state index >= 15 is 0 Å². The van der Waals surface area contributed by atoms with Crippen molar-refractivity contribution in [2.75, 3.05) is 20.1 Å². The summed E-state index contributed by atoms with van der Waals surface area (Å²) in [4.78, 5) is 2.43. The van der Waals surface area contributed by atoms with Gasteiger partial charge in [0.1, 0.15) is 0 Å². The number of benzene rings is 1. The monoisotopic (exact) mass is 310 g/mol. The first-order valence-corrected chi connectivity index (χ1v) is 7.65. The Kier molecular flexibility index (Phi) is 5.22. The third-order valence-corrected chi connectivity index (χ3v) is 4.50. The van der Waals surface area contributed by atoms with Gasteiger partial charge >= 0.3 is 0 Å². The lowest BCUT2D eigenvalue weighted by Gasteiger charge is -2.29. The zero-order valence-electron chi connectivity index (χ0n) is 11.1. The van der Waals surface area contributed by atoms with Crippen molar-refractivity contribution in [3.63, 3.8) is 0 Å². The van der Waals surface area contributed by atoms with Gasteiger partial charge in [0.05, 0.1) is 0 Å². The van der Waals surface area contributed by atoms with Crippen LogP contribution in [0.2, 0.25) is 0 Å². The van der Waals surface area contributed by atoms with E-state index in [0.29, 0.717) is 12.6 Å². The average molecular weight is 311 g/mol. The zero-order valence-corrected chi connectivity index (χ0v) is 12.7. The number of halogens is 1. The fraction of sp³-hybridized carbons (Fsp3) is 0.600. The predicted octanol–water partition coefficient (Wildman–Crippen LogP) is 3.57. The lowest BCUT2D eigenvalue weighted by Crippen LogP contribution is -2.33. The van der Waals surface area contributed by atoms with E-state index in [1.54, 1.807) is 0 Å². The number of hydrogen-bond acceptors (Lipinski definition) is 2. The molecule has 1 unspecified atom stereocenters. The van der Waals surface area contributed by atoms with Crippen LogP contribution >= 0.6 is 15.9 Å². The molecular weight excluding hydrogens is 288 g/mol. The van der Waals surface area contributed by atoms with Gasteiger partial charge in [-0.3, -0.25) is 4.90 Å². The number of rotatable bonds is 5. The van der Waals surface area contributed by atoms with Crippen LogP contribution in [0.5, 0.6) is 0 Å².